The summed E-state index contributed by atoms with van der Waals surface area (Å²) in [4.78, 5) is 10.8. The molecule has 0 heterocycles. The van der Waals surface area contributed by atoms with Crippen LogP contribution in [0.1, 0.15) is 15.9 Å². The van der Waals surface area contributed by atoms with Crippen molar-refractivity contribution in [2.75, 3.05) is 14.1 Å². The molecule has 1 aromatic rings. The molecular weight excluding hydrogens is 230 g/mol. The van der Waals surface area contributed by atoms with Gasteiger partial charge in [0.05, 0.1) is 10.5 Å². The topological polar surface area (TPSA) is 74.7 Å². The molecule has 0 aliphatic rings. The van der Waals surface area contributed by atoms with Crippen LogP contribution in [0.4, 0.5) is 0 Å². The van der Waals surface area contributed by atoms with E-state index in [2.05, 4.69) is 0 Å². The molecule has 0 saturated carbocycles. The number of hydrogen-bond donors (Lipinski definition) is 1. The molecule has 0 fully saturated rings. The average Bonchev–Trinajstić information content (AvgIpc) is 2.16. The lowest BCUT2D eigenvalue weighted by molar-refractivity contribution is 0.0696. The number of carbonyl (C=O) groups is 1. The quantitative estimate of drug-likeness (QED) is 0.857. The van der Waals surface area contributed by atoms with Gasteiger partial charge in [-0.2, -0.15) is 0 Å². The lowest BCUT2D eigenvalue weighted by atomic mass is 10.1. The van der Waals surface area contributed by atoms with Gasteiger partial charge in [-0.25, -0.2) is 17.5 Å². The summed E-state index contributed by atoms with van der Waals surface area (Å²) < 4.78 is 24.6. The number of nitrogens with zero attached hydrogens (tertiary/aromatic N) is 1. The summed E-state index contributed by atoms with van der Waals surface area (Å²) in [6.45, 7) is 1.65. The van der Waals surface area contributed by atoms with Gasteiger partial charge in [0.1, 0.15) is 0 Å². The Morgan fingerprint density at radius 3 is 2.25 bits per heavy atom. The number of rotatable bonds is 3. The van der Waals surface area contributed by atoms with Crippen molar-refractivity contribution in [3.8, 4) is 0 Å². The third-order valence-electron chi connectivity index (χ3n) is 2.08. The average molecular weight is 243 g/mol. The van der Waals surface area contributed by atoms with E-state index < -0.39 is 16.0 Å². The number of aromatic carboxylic acids is 1. The minimum atomic E-state index is -3.59. The van der Waals surface area contributed by atoms with Crippen LogP contribution in [0.2, 0.25) is 0 Å². The van der Waals surface area contributed by atoms with Gasteiger partial charge in [0.15, 0.2) is 0 Å². The first kappa shape index (κ1) is 12.7. The SMILES string of the molecule is Cc1cc(C(=O)O)cc(S(=O)(=O)N(C)C)c1. The van der Waals surface area contributed by atoms with Crippen LogP contribution in [0, 0.1) is 6.92 Å². The molecule has 0 spiro atoms. The van der Waals surface area contributed by atoms with E-state index in [1.807, 2.05) is 0 Å². The lowest BCUT2D eigenvalue weighted by Crippen LogP contribution is -2.22. The molecule has 0 aliphatic heterocycles. The molecular formula is C10H13NO4S. The number of hydrogen-bond acceptors (Lipinski definition) is 3. The Labute approximate surface area is 94.4 Å². The van der Waals surface area contributed by atoms with Gasteiger partial charge in [0, 0.05) is 14.1 Å². The highest BCUT2D eigenvalue weighted by atomic mass is 32.2. The van der Waals surface area contributed by atoms with E-state index in [0.717, 1.165) is 10.4 Å². The number of sulfonamides is 1. The molecule has 1 aromatic carbocycles. The second-order valence-corrected chi connectivity index (χ2v) is 5.78. The van der Waals surface area contributed by atoms with E-state index in [-0.39, 0.29) is 10.5 Å². The van der Waals surface area contributed by atoms with Crippen molar-refractivity contribution in [1.29, 1.82) is 0 Å². The Hall–Kier alpha value is -1.40. The Kier molecular flexibility index (Phi) is 3.35. The van der Waals surface area contributed by atoms with Gasteiger partial charge in [0.2, 0.25) is 10.0 Å². The van der Waals surface area contributed by atoms with E-state index in [4.69, 9.17) is 5.11 Å². The largest absolute Gasteiger partial charge is 0.478 e. The van der Waals surface area contributed by atoms with Crippen LogP contribution in [0.3, 0.4) is 0 Å². The highest BCUT2D eigenvalue weighted by Crippen LogP contribution is 2.17. The fraction of sp³-hybridized carbons (Fsp3) is 0.300. The van der Waals surface area contributed by atoms with Crippen LogP contribution in [-0.2, 0) is 10.0 Å². The van der Waals surface area contributed by atoms with Crippen LogP contribution in [0.5, 0.6) is 0 Å². The van der Waals surface area contributed by atoms with Gasteiger partial charge < -0.3 is 5.11 Å². The predicted molar refractivity (Wildman–Crippen MR) is 59.0 cm³/mol. The zero-order valence-corrected chi connectivity index (χ0v) is 10.1. The van der Waals surface area contributed by atoms with Crippen molar-refractivity contribution in [1.82, 2.24) is 4.31 Å². The van der Waals surface area contributed by atoms with Gasteiger partial charge in [0.25, 0.3) is 0 Å². The van der Waals surface area contributed by atoms with E-state index in [9.17, 15) is 13.2 Å². The lowest BCUT2D eigenvalue weighted by Gasteiger charge is -2.12. The molecule has 0 amide bonds. The van der Waals surface area contributed by atoms with Gasteiger partial charge in [-0.05, 0) is 30.7 Å². The van der Waals surface area contributed by atoms with E-state index >= 15 is 0 Å². The van der Waals surface area contributed by atoms with Crippen molar-refractivity contribution in [2.45, 2.75) is 11.8 Å². The monoisotopic (exact) mass is 243 g/mol. The molecule has 88 valence electrons. The summed E-state index contributed by atoms with van der Waals surface area (Å²) in [6, 6.07) is 4.03. The maximum Gasteiger partial charge on any atom is 0.335 e. The third kappa shape index (κ3) is 2.40. The van der Waals surface area contributed by atoms with Crippen molar-refractivity contribution >= 4 is 16.0 Å². The van der Waals surface area contributed by atoms with Crippen LogP contribution >= 0.6 is 0 Å². The number of carboxylic acids is 1. The summed E-state index contributed by atoms with van der Waals surface area (Å²) in [5.74, 6) is -1.14. The molecule has 0 bridgehead atoms. The molecule has 0 aliphatic carbocycles. The fourth-order valence-electron chi connectivity index (χ4n) is 1.23. The molecule has 5 nitrogen and oxygen atoms in total. The van der Waals surface area contributed by atoms with E-state index in [1.54, 1.807) is 6.92 Å². The van der Waals surface area contributed by atoms with Crippen molar-refractivity contribution < 1.29 is 18.3 Å². The molecule has 0 aromatic heterocycles. The minimum Gasteiger partial charge on any atom is -0.478 e. The standard InChI is InChI=1S/C10H13NO4S/c1-7-4-8(10(12)13)6-9(5-7)16(14,15)11(2)3/h4-6H,1-3H3,(H,12,13). The summed E-state index contributed by atoms with van der Waals surface area (Å²) in [5, 5.41) is 8.83. The summed E-state index contributed by atoms with van der Waals surface area (Å²) in [7, 11) is -0.784. The maximum absolute atomic E-state index is 11.8. The zero-order valence-electron chi connectivity index (χ0n) is 9.26. The number of carboxylic acid groups (broad SMARTS) is 1. The van der Waals surface area contributed by atoms with Crippen molar-refractivity contribution in [3.05, 3.63) is 29.3 Å². The first-order valence-electron chi connectivity index (χ1n) is 4.52. The second kappa shape index (κ2) is 4.23. The Morgan fingerprint density at radius 2 is 1.81 bits per heavy atom. The van der Waals surface area contributed by atoms with Crippen LogP contribution in [0.15, 0.2) is 23.1 Å². The van der Waals surface area contributed by atoms with E-state index in [1.165, 1.54) is 26.2 Å². The van der Waals surface area contributed by atoms with Gasteiger partial charge in [-0.15, -0.1) is 0 Å². The maximum atomic E-state index is 11.8. The van der Waals surface area contributed by atoms with Crippen LogP contribution in [-0.4, -0.2) is 37.9 Å². The molecule has 0 saturated heterocycles. The summed E-state index contributed by atoms with van der Waals surface area (Å²) in [6.07, 6.45) is 0. The smallest absolute Gasteiger partial charge is 0.335 e. The molecule has 0 atom stereocenters. The highest BCUT2D eigenvalue weighted by molar-refractivity contribution is 7.89. The normalized spacial score (nSPS) is 11.8. The van der Waals surface area contributed by atoms with Gasteiger partial charge >= 0.3 is 5.97 Å². The first-order valence-corrected chi connectivity index (χ1v) is 5.96. The Morgan fingerprint density at radius 1 is 1.25 bits per heavy atom. The van der Waals surface area contributed by atoms with Crippen molar-refractivity contribution in [2.24, 2.45) is 0 Å². The Bertz CT molecular complexity index is 520. The van der Waals surface area contributed by atoms with E-state index in [0.29, 0.717) is 5.56 Å². The summed E-state index contributed by atoms with van der Waals surface area (Å²) in [5.41, 5.74) is 0.570. The highest BCUT2D eigenvalue weighted by Gasteiger charge is 2.19. The van der Waals surface area contributed by atoms with Crippen molar-refractivity contribution in [3.63, 3.8) is 0 Å². The number of aryl methyl sites for hydroxylation is 1. The molecule has 0 unspecified atom stereocenters. The molecule has 1 N–H and O–H groups in total. The molecule has 1 rings (SSSR count). The second-order valence-electron chi connectivity index (χ2n) is 3.63. The molecule has 6 heteroatoms. The third-order valence-corrected chi connectivity index (χ3v) is 3.87. The molecule has 16 heavy (non-hydrogen) atoms. The van der Waals surface area contributed by atoms with Gasteiger partial charge in [-0.1, -0.05) is 0 Å². The predicted octanol–water partition coefficient (Wildman–Crippen LogP) is 0.944. The zero-order chi connectivity index (χ0) is 12.5. The summed E-state index contributed by atoms with van der Waals surface area (Å²) >= 11 is 0. The fourth-order valence-corrected chi connectivity index (χ4v) is 2.26. The Balaban J connectivity index is 3.42. The van der Waals surface area contributed by atoms with Crippen LogP contribution in [0.25, 0.3) is 0 Å². The number of benzene rings is 1. The van der Waals surface area contributed by atoms with Gasteiger partial charge in [-0.3, -0.25) is 0 Å². The molecule has 0 radical (unpaired) electrons. The van der Waals surface area contributed by atoms with Crippen LogP contribution < -0.4 is 0 Å². The minimum absolute atomic E-state index is 0.00472. The first-order chi connectivity index (χ1) is 7.25.